The molecule has 0 fully saturated rings. The van der Waals surface area contributed by atoms with Gasteiger partial charge in [0.1, 0.15) is 0 Å². The highest BCUT2D eigenvalue weighted by atomic mass is 16.1. The van der Waals surface area contributed by atoms with E-state index in [1.54, 1.807) is 6.20 Å². The third-order valence-corrected chi connectivity index (χ3v) is 3.33. The van der Waals surface area contributed by atoms with Crippen LogP contribution >= 0.6 is 0 Å². The van der Waals surface area contributed by atoms with Gasteiger partial charge in [-0.1, -0.05) is 6.07 Å². The van der Waals surface area contributed by atoms with E-state index in [0.717, 1.165) is 23.5 Å². The lowest BCUT2D eigenvalue weighted by atomic mass is 10.1. The predicted octanol–water partition coefficient (Wildman–Crippen LogP) is 3.31. The molecule has 0 saturated carbocycles. The standard InChI is InChI=1S/C17H21N3O/c1-4-18-15-9-8-14(11-12(15)2)17(21)20-13(3)16-7-5-6-10-19-16/h5-11,13,18H,4H2,1-3H3,(H,20,21). The van der Waals surface area contributed by atoms with Gasteiger partial charge >= 0.3 is 0 Å². The highest BCUT2D eigenvalue weighted by molar-refractivity contribution is 5.95. The van der Waals surface area contributed by atoms with E-state index in [1.165, 1.54) is 0 Å². The van der Waals surface area contributed by atoms with Crippen molar-refractivity contribution >= 4 is 11.6 Å². The molecule has 2 N–H and O–H groups in total. The van der Waals surface area contributed by atoms with Crippen LogP contribution in [0.25, 0.3) is 0 Å². The van der Waals surface area contributed by atoms with Gasteiger partial charge in [-0.3, -0.25) is 9.78 Å². The van der Waals surface area contributed by atoms with E-state index in [4.69, 9.17) is 0 Å². The van der Waals surface area contributed by atoms with Crippen LogP contribution in [0.15, 0.2) is 42.6 Å². The van der Waals surface area contributed by atoms with E-state index in [1.807, 2.05) is 50.2 Å². The topological polar surface area (TPSA) is 54.0 Å². The van der Waals surface area contributed by atoms with Gasteiger partial charge in [0.25, 0.3) is 5.91 Å². The Morgan fingerprint density at radius 1 is 1.29 bits per heavy atom. The van der Waals surface area contributed by atoms with E-state index in [9.17, 15) is 4.79 Å². The van der Waals surface area contributed by atoms with E-state index in [-0.39, 0.29) is 11.9 Å². The van der Waals surface area contributed by atoms with Crippen molar-refractivity contribution in [3.63, 3.8) is 0 Å². The summed E-state index contributed by atoms with van der Waals surface area (Å²) in [5, 5.41) is 6.24. The maximum Gasteiger partial charge on any atom is 0.251 e. The number of carbonyl (C=O) groups excluding carboxylic acids is 1. The van der Waals surface area contributed by atoms with Crippen LogP contribution in [0.3, 0.4) is 0 Å². The van der Waals surface area contributed by atoms with Crippen molar-refractivity contribution in [1.82, 2.24) is 10.3 Å². The SMILES string of the molecule is CCNc1ccc(C(=O)NC(C)c2ccccn2)cc1C. The average Bonchev–Trinajstić information content (AvgIpc) is 2.50. The Kier molecular flexibility index (Phi) is 4.93. The Balaban J connectivity index is 2.08. The molecule has 0 aliphatic rings. The van der Waals surface area contributed by atoms with Crippen molar-refractivity contribution in [2.45, 2.75) is 26.8 Å². The zero-order chi connectivity index (χ0) is 15.2. The minimum absolute atomic E-state index is 0.0840. The summed E-state index contributed by atoms with van der Waals surface area (Å²) in [7, 11) is 0. The van der Waals surface area contributed by atoms with E-state index in [0.29, 0.717) is 5.56 Å². The summed E-state index contributed by atoms with van der Waals surface area (Å²) in [6.07, 6.45) is 1.73. The number of aryl methyl sites for hydroxylation is 1. The molecule has 0 saturated heterocycles. The quantitative estimate of drug-likeness (QED) is 0.885. The monoisotopic (exact) mass is 283 g/mol. The molecule has 1 heterocycles. The normalized spacial score (nSPS) is 11.8. The van der Waals surface area contributed by atoms with Crippen LogP contribution in [0.1, 0.15) is 41.5 Å². The molecule has 2 rings (SSSR count). The maximum absolute atomic E-state index is 12.3. The number of carbonyl (C=O) groups is 1. The first-order valence-electron chi connectivity index (χ1n) is 7.18. The maximum atomic E-state index is 12.3. The minimum atomic E-state index is -0.118. The summed E-state index contributed by atoms with van der Waals surface area (Å²) >= 11 is 0. The first kappa shape index (κ1) is 15.0. The summed E-state index contributed by atoms with van der Waals surface area (Å²) < 4.78 is 0. The van der Waals surface area contributed by atoms with Crippen molar-refractivity contribution in [3.8, 4) is 0 Å². The number of nitrogens with one attached hydrogen (secondary N) is 2. The van der Waals surface area contributed by atoms with Gasteiger partial charge in [0.15, 0.2) is 0 Å². The van der Waals surface area contributed by atoms with Crippen molar-refractivity contribution in [2.75, 3.05) is 11.9 Å². The molecule has 0 aliphatic carbocycles. The molecule has 1 unspecified atom stereocenters. The van der Waals surface area contributed by atoms with Gasteiger partial charge in [-0.15, -0.1) is 0 Å². The van der Waals surface area contributed by atoms with Gasteiger partial charge in [0.05, 0.1) is 11.7 Å². The molecule has 2 aromatic rings. The molecule has 1 atom stereocenters. The lowest BCUT2D eigenvalue weighted by Gasteiger charge is -2.14. The van der Waals surface area contributed by atoms with E-state index >= 15 is 0 Å². The minimum Gasteiger partial charge on any atom is -0.385 e. The number of amides is 1. The molecule has 0 bridgehead atoms. The number of anilines is 1. The van der Waals surface area contributed by atoms with Gasteiger partial charge in [-0.2, -0.15) is 0 Å². The molecule has 0 spiro atoms. The molecule has 4 nitrogen and oxygen atoms in total. The molecule has 110 valence electrons. The summed E-state index contributed by atoms with van der Waals surface area (Å²) in [4.78, 5) is 16.5. The third-order valence-electron chi connectivity index (χ3n) is 3.33. The molecular formula is C17H21N3O. The predicted molar refractivity (Wildman–Crippen MR) is 85.5 cm³/mol. The molecule has 0 radical (unpaired) electrons. The summed E-state index contributed by atoms with van der Waals surface area (Å²) in [6.45, 7) is 6.84. The molecule has 1 amide bonds. The number of hydrogen-bond acceptors (Lipinski definition) is 3. The summed E-state index contributed by atoms with van der Waals surface area (Å²) in [5.41, 5.74) is 3.64. The lowest BCUT2D eigenvalue weighted by Crippen LogP contribution is -2.27. The number of rotatable bonds is 5. The zero-order valence-corrected chi connectivity index (χ0v) is 12.7. The molecule has 4 heteroatoms. The first-order valence-corrected chi connectivity index (χ1v) is 7.18. The highest BCUT2D eigenvalue weighted by Crippen LogP contribution is 2.17. The zero-order valence-electron chi connectivity index (χ0n) is 12.7. The van der Waals surface area contributed by atoms with Crippen LogP contribution in [0.2, 0.25) is 0 Å². The van der Waals surface area contributed by atoms with E-state index < -0.39 is 0 Å². The Morgan fingerprint density at radius 3 is 2.71 bits per heavy atom. The second-order valence-electron chi connectivity index (χ2n) is 5.01. The van der Waals surface area contributed by atoms with Crippen molar-refractivity contribution in [2.24, 2.45) is 0 Å². The number of aromatic nitrogens is 1. The molecule has 1 aromatic heterocycles. The van der Waals surface area contributed by atoms with Crippen LogP contribution in [0.4, 0.5) is 5.69 Å². The molecule has 0 aliphatic heterocycles. The summed E-state index contributed by atoms with van der Waals surface area (Å²) in [5.74, 6) is -0.0840. The van der Waals surface area contributed by atoms with Crippen LogP contribution in [0, 0.1) is 6.92 Å². The van der Waals surface area contributed by atoms with Crippen LogP contribution in [-0.4, -0.2) is 17.4 Å². The van der Waals surface area contributed by atoms with Crippen molar-refractivity contribution in [1.29, 1.82) is 0 Å². The number of nitrogens with zero attached hydrogens (tertiary/aromatic N) is 1. The fourth-order valence-corrected chi connectivity index (χ4v) is 2.18. The fourth-order valence-electron chi connectivity index (χ4n) is 2.18. The molecule has 1 aromatic carbocycles. The largest absolute Gasteiger partial charge is 0.385 e. The number of pyridine rings is 1. The Morgan fingerprint density at radius 2 is 2.10 bits per heavy atom. The van der Waals surface area contributed by atoms with Crippen molar-refractivity contribution < 1.29 is 4.79 Å². The van der Waals surface area contributed by atoms with Gasteiger partial charge < -0.3 is 10.6 Å². The second-order valence-corrected chi connectivity index (χ2v) is 5.01. The smallest absolute Gasteiger partial charge is 0.251 e. The fraction of sp³-hybridized carbons (Fsp3) is 0.294. The summed E-state index contributed by atoms with van der Waals surface area (Å²) in [6, 6.07) is 11.3. The van der Waals surface area contributed by atoms with E-state index in [2.05, 4.69) is 22.5 Å². The third kappa shape index (κ3) is 3.81. The highest BCUT2D eigenvalue weighted by Gasteiger charge is 2.12. The Bertz CT molecular complexity index is 611. The molecular weight excluding hydrogens is 262 g/mol. The Hall–Kier alpha value is -2.36. The van der Waals surface area contributed by atoms with Gasteiger partial charge in [0.2, 0.25) is 0 Å². The lowest BCUT2D eigenvalue weighted by molar-refractivity contribution is 0.0939. The number of benzene rings is 1. The van der Waals surface area contributed by atoms with Crippen LogP contribution < -0.4 is 10.6 Å². The number of hydrogen-bond donors (Lipinski definition) is 2. The van der Waals surface area contributed by atoms with Crippen molar-refractivity contribution in [3.05, 3.63) is 59.4 Å². The van der Waals surface area contributed by atoms with Gasteiger partial charge in [0, 0.05) is 24.0 Å². The Labute approximate surface area is 125 Å². The second kappa shape index (κ2) is 6.88. The average molecular weight is 283 g/mol. The van der Waals surface area contributed by atoms with Gasteiger partial charge in [-0.25, -0.2) is 0 Å². The first-order chi connectivity index (χ1) is 10.1. The van der Waals surface area contributed by atoms with Crippen LogP contribution in [-0.2, 0) is 0 Å². The van der Waals surface area contributed by atoms with Crippen LogP contribution in [0.5, 0.6) is 0 Å². The van der Waals surface area contributed by atoms with Gasteiger partial charge in [-0.05, 0) is 56.7 Å². The molecule has 21 heavy (non-hydrogen) atoms.